The fourth-order valence-corrected chi connectivity index (χ4v) is 1.39. The normalized spacial score (nSPS) is 11.9. The maximum atomic E-state index is 11.1. The number of aliphatic carboxylic acids is 1. The molecule has 0 aromatic rings. The van der Waals surface area contributed by atoms with Gasteiger partial charge in [0.15, 0.2) is 5.78 Å². The van der Waals surface area contributed by atoms with Crippen molar-refractivity contribution in [1.82, 2.24) is 0 Å². The van der Waals surface area contributed by atoms with Gasteiger partial charge in [0.1, 0.15) is 6.42 Å². The van der Waals surface area contributed by atoms with Crippen molar-refractivity contribution in [2.24, 2.45) is 0 Å². The molecule has 15 heavy (non-hydrogen) atoms. The Labute approximate surface area is 92.2 Å². The van der Waals surface area contributed by atoms with Crippen molar-refractivity contribution in [1.29, 1.82) is 0 Å². The third kappa shape index (κ3) is 6.96. The van der Waals surface area contributed by atoms with Gasteiger partial charge in [0.25, 0.3) is 0 Å². The molecule has 0 rings (SSSR count). The van der Waals surface area contributed by atoms with Gasteiger partial charge in [-0.3, -0.25) is 14.4 Å². The van der Waals surface area contributed by atoms with E-state index in [0.29, 0.717) is 0 Å². The predicted molar refractivity (Wildman–Crippen MR) is 55.8 cm³/mol. The number of carbonyl (C=O) groups excluding carboxylic acids is 2. The molecule has 0 saturated carbocycles. The highest BCUT2D eigenvalue weighted by atomic mass is 32.2. The Morgan fingerprint density at radius 2 is 2.00 bits per heavy atom. The third-order valence-electron chi connectivity index (χ3n) is 1.49. The van der Waals surface area contributed by atoms with E-state index in [1.807, 2.05) is 0 Å². The molecule has 1 unspecified atom stereocenters. The summed E-state index contributed by atoms with van der Waals surface area (Å²) in [4.78, 5) is 32.4. The summed E-state index contributed by atoms with van der Waals surface area (Å²) in [5.74, 6) is -1.83. The largest absolute Gasteiger partial charge is 0.480 e. The molecule has 0 spiro atoms. The van der Waals surface area contributed by atoms with Crippen molar-refractivity contribution < 1.29 is 24.2 Å². The molecule has 0 aliphatic carbocycles. The molecule has 0 aliphatic heterocycles. The van der Waals surface area contributed by atoms with Crippen molar-refractivity contribution in [2.75, 3.05) is 12.4 Å². The van der Waals surface area contributed by atoms with Crippen LogP contribution in [0.3, 0.4) is 0 Å². The van der Waals surface area contributed by atoms with E-state index in [-0.39, 0.29) is 24.6 Å². The highest BCUT2D eigenvalue weighted by Crippen LogP contribution is 2.11. The Morgan fingerprint density at radius 1 is 1.40 bits per heavy atom. The fourth-order valence-electron chi connectivity index (χ4n) is 0.713. The zero-order chi connectivity index (χ0) is 11.8. The van der Waals surface area contributed by atoms with Crippen LogP contribution in [-0.4, -0.2) is 40.4 Å². The topological polar surface area (TPSA) is 80.7 Å². The molecule has 1 atom stereocenters. The summed E-state index contributed by atoms with van der Waals surface area (Å²) in [5, 5.41) is 7.89. The molecule has 86 valence electrons. The van der Waals surface area contributed by atoms with E-state index >= 15 is 0 Å². The molecule has 5 nitrogen and oxygen atoms in total. The number of rotatable bonds is 7. The number of carbonyl (C=O) groups is 3. The van der Waals surface area contributed by atoms with Crippen LogP contribution in [0.1, 0.15) is 20.3 Å². The molecule has 0 fully saturated rings. The van der Waals surface area contributed by atoms with Gasteiger partial charge in [0.2, 0.25) is 0 Å². The molecule has 1 N–H and O–H groups in total. The number of carboxylic acids is 1. The van der Waals surface area contributed by atoms with Crippen LogP contribution in [0, 0.1) is 0 Å². The van der Waals surface area contributed by atoms with Crippen molar-refractivity contribution in [3.63, 3.8) is 0 Å². The number of carboxylic acid groups (broad SMARTS) is 1. The zero-order valence-corrected chi connectivity index (χ0v) is 9.50. The standard InChI is InChI=1S/C9H14O5S/c1-3-14-8(11)4-7(10)5-15-6(2)9(12)13/h6H,3-5H2,1-2H3,(H,12,13). The van der Waals surface area contributed by atoms with E-state index < -0.39 is 17.2 Å². The Hall–Kier alpha value is -1.04. The SMILES string of the molecule is CCOC(=O)CC(=O)CSC(C)C(=O)O. The molecule has 0 saturated heterocycles. The Balaban J connectivity index is 3.75. The maximum absolute atomic E-state index is 11.1. The van der Waals surface area contributed by atoms with Crippen LogP contribution < -0.4 is 0 Å². The molecule has 0 bridgehead atoms. The summed E-state index contributed by atoms with van der Waals surface area (Å²) >= 11 is 0.996. The minimum absolute atomic E-state index is 0.0201. The molecule has 0 heterocycles. The molecule has 0 aromatic heterocycles. The van der Waals surface area contributed by atoms with E-state index in [4.69, 9.17) is 5.11 Å². The average Bonchev–Trinajstić information content (AvgIpc) is 2.14. The van der Waals surface area contributed by atoms with Crippen molar-refractivity contribution in [3.05, 3.63) is 0 Å². The number of esters is 1. The monoisotopic (exact) mass is 234 g/mol. The number of hydrogen-bond donors (Lipinski definition) is 1. The quantitative estimate of drug-likeness (QED) is 0.516. The first-order valence-electron chi connectivity index (χ1n) is 4.49. The fraction of sp³-hybridized carbons (Fsp3) is 0.667. The molecule has 0 radical (unpaired) electrons. The predicted octanol–water partition coefficient (Wildman–Crippen LogP) is 0.715. The van der Waals surface area contributed by atoms with Crippen molar-refractivity contribution >= 4 is 29.5 Å². The van der Waals surface area contributed by atoms with Crippen LogP contribution in [0.4, 0.5) is 0 Å². The van der Waals surface area contributed by atoms with Crippen LogP contribution in [-0.2, 0) is 19.1 Å². The average molecular weight is 234 g/mol. The van der Waals surface area contributed by atoms with Crippen molar-refractivity contribution in [3.8, 4) is 0 Å². The van der Waals surface area contributed by atoms with E-state index in [1.54, 1.807) is 6.92 Å². The summed E-state index contributed by atoms with van der Waals surface area (Å²) in [5.41, 5.74) is 0. The Bertz CT molecular complexity index is 251. The van der Waals surface area contributed by atoms with Gasteiger partial charge >= 0.3 is 11.9 Å². The van der Waals surface area contributed by atoms with Crippen LogP contribution >= 0.6 is 11.8 Å². The van der Waals surface area contributed by atoms with Crippen LogP contribution in [0.25, 0.3) is 0 Å². The Morgan fingerprint density at radius 3 is 2.47 bits per heavy atom. The van der Waals surface area contributed by atoms with Crippen molar-refractivity contribution in [2.45, 2.75) is 25.5 Å². The van der Waals surface area contributed by atoms with Gasteiger partial charge in [-0.15, -0.1) is 11.8 Å². The lowest BCUT2D eigenvalue weighted by molar-refractivity contribution is -0.145. The van der Waals surface area contributed by atoms with Gasteiger partial charge in [-0.05, 0) is 13.8 Å². The number of ether oxygens (including phenoxy) is 1. The summed E-state index contributed by atoms with van der Waals surface area (Å²) in [6, 6.07) is 0. The first kappa shape index (κ1) is 14.0. The minimum atomic E-state index is -0.969. The van der Waals surface area contributed by atoms with Gasteiger partial charge in [-0.1, -0.05) is 0 Å². The lowest BCUT2D eigenvalue weighted by Crippen LogP contribution is -2.17. The second-order valence-electron chi connectivity index (χ2n) is 2.81. The summed E-state index contributed by atoms with van der Waals surface area (Å²) in [7, 11) is 0. The van der Waals surface area contributed by atoms with Gasteiger partial charge in [-0.2, -0.15) is 0 Å². The maximum Gasteiger partial charge on any atom is 0.316 e. The highest BCUT2D eigenvalue weighted by Gasteiger charge is 2.15. The lowest BCUT2D eigenvalue weighted by Gasteiger charge is -2.04. The molecular weight excluding hydrogens is 220 g/mol. The molecule has 0 aromatic carbocycles. The second-order valence-corrected chi connectivity index (χ2v) is 4.14. The van der Waals surface area contributed by atoms with E-state index in [1.165, 1.54) is 6.92 Å². The molecule has 0 aliphatic rings. The highest BCUT2D eigenvalue weighted by molar-refractivity contribution is 8.01. The van der Waals surface area contributed by atoms with Gasteiger partial charge in [0.05, 0.1) is 17.6 Å². The number of thioether (sulfide) groups is 1. The van der Waals surface area contributed by atoms with Gasteiger partial charge in [0, 0.05) is 0 Å². The third-order valence-corrected chi connectivity index (χ3v) is 2.68. The lowest BCUT2D eigenvalue weighted by atomic mass is 10.3. The van der Waals surface area contributed by atoms with E-state index in [2.05, 4.69) is 4.74 Å². The number of hydrogen-bond acceptors (Lipinski definition) is 5. The number of ketones is 1. The molecule has 6 heteroatoms. The van der Waals surface area contributed by atoms with E-state index in [9.17, 15) is 14.4 Å². The Kier molecular flexibility index (Phi) is 6.77. The summed E-state index contributed by atoms with van der Waals surface area (Å²) < 4.78 is 4.58. The molecule has 0 amide bonds. The van der Waals surface area contributed by atoms with Gasteiger partial charge < -0.3 is 9.84 Å². The summed E-state index contributed by atoms with van der Waals surface area (Å²) in [6.45, 7) is 3.39. The second kappa shape index (κ2) is 7.28. The summed E-state index contributed by atoms with van der Waals surface area (Å²) in [6.07, 6.45) is -0.285. The first-order chi connectivity index (χ1) is 6.97. The number of Topliss-reactive ketones (excluding diaryl/α,β-unsaturated/α-hetero) is 1. The minimum Gasteiger partial charge on any atom is -0.480 e. The smallest absolute Gasteiger partial charge is 0.316 e. The van der Waals surface area contributed by atoms with E-state index in [0.717, 1.165) is 11.8 Å². The molecular formula is C9H14O5S. The van der Waals surface area contributed by atoms with Gasteiger partial charge in [-0.25, -0.2) is 0 Å². The zero-order valence-electron chi connectivity index (χ0n) is 8.69. The first-order valence-corrected chi connectivity index (χ1v) is 5.54. The van der Waals surface area contributed by atoms with Crippen LogP contribution in [0.5, 0.6) is 0 Å². The van der Waals surface area contributed by atoms with Crippen LogP contribution in [0.2, 0.25) is 0 Å². The van der Waals surface area contributed by atoms with Crippen LogP contribution in [0.15, 0.2) is 0 Å².